The Labute approximate surface area is 143 Å². The lowest BCUT2D eigenvalue weighted by atomic mass is 9.98. The molecule has 1 amide bonds. The van der Waals surface area contributed by atoms with Crippen LogP contribution in [0, 0.1) is 11.6 Å². The Hall–Kier alpha value is -3.09. The summed E-state index contributed by atoms with van der Waals surface area (Å²) in [5.41, 5.74) is 1.31. The highest BCUT2D eigenvalue weighted by molar-refractivity contribution is 5.76. The molecule has 3 aromatic rings. The average Bonchev–Trinajstić information content (AvgIpc) is 3.07. The molecule has 7 heteroatoms. The van der Waals surface area contributed by atoms with Crippen molar-refractivity contribution in [2.24, 2.45) is 0 Å². The van der Waals surface area contributed by atoms with E-state index in [1.54, 1.807) is 24.3 Å². The lowest BCUT2D eigenvalue weighted by Gasteiger charge is -2.20. The van der Waals surface area contributed by atoms with E-state index < -0.39 is 11.9 Å². The maximum absolute atomic E-state index is 13.6. The summed E-state index contributed by atoms with van der Waals surface area (Å²) in [6.45, 7) is -0.00499. The highest BCUT2D eigenvalue weighted by Gasteiger charge is 2.17. The van der Waals surface area contributed by atoms with Gasteiger partial charge in [0.1, 0.15) is 30.8 Å². The molecular formula is C18H16F2N4O. The van der Waals surface area contributed by atoms with Crippen LogP contribution in [-0.2, 0) is 17.8 Å². The Balaban J connectivity index is 1.79. The summed E-state index contributed by atoms with van der Waals surface area (Å²) in [6, 6.07) is 11.6. The minimum Gasteiger partial charge on any atom is -0.347 e. The number of nitrogens with one attached hydrogen (secondary N) is 1. The first-order valence-electron chi connectivity index (χ1n) is 7.72. The van der Waals surface area contributed by atoms with E-state index in [0.717, 1.165) is 0 Å². The minimum absolute atomic E-state index is 0.00499. The predicted molar refractivity (Wildman–Crippen MR) is 87.4 cm³/mol. The molecule has 0 bridgehead atoms. The Morgan fingerprint density at radius 1 is 1.12 bits per heavy atom. The van der Waals surface area contributed by atoms with E-state index in [4.69, 9.17) is 0 Å². The lowest BCUT2D eigenvalue weighted by molar-refractivity contribution is -0.122. The molecular weight excluding hydrogens is 326 g/mol. The summed E-state index contributed by atoms with van der Waals surface area (Å²) in [7, 11) is 0. The van der Waals surface area contributed by atoms with Crippen molar-refractivity contribution >= 4 is 5.91 Å². The van der Waals surface area contributed by atoms with Crippen LogP contribution in [0.3, 0.4) is 0 Å². The fourth-order valence-corrected chi connectivity index (χ4v) is 2.58. The first-order chi connectivity index (χ1) is 12.1. The van der Waals surface area contributed by atoms with Crippen molar-refractivity contribution in [3.05, 3.63) is 83.9 Å². The van der Waals surface area contributed by atoms with Crippen LogP contribution in [0.2, 0.25) is 0 Å². The van der Waals surface area contributed by atoms with E-state index in [9.17, 15) is 13.6 Å². The molecule has 1 aromatic heterocycles. The molecule has 1 heterocycles. The van der Waals surface area contributed by atoms with Gasteiger partial charge in [-0.05, 0) is 41.8 Å². The third kappa shape index (κ3) is 4.69. The van der Waals surface area contributed by atoms with E-state index in [2.05, 4.69) is 15.4 Å². The number of benzene rings is 2. The van der Waals surface area contributed by atoms with Crippen LogP contribution < -0.4 is 5.32 Å². The van der Waals surface area contributed by atoms with Crippen molar-refractivity contribution in [1.29, 1.82) is 0 Å². The topological polar surface area (TPSA) is 59.8 Å². The maximum Gasteiger partial charge on any atom is 0.242 e. The summed E-state index contributed by atoms with van der Waals surface area (Å²) < 4.78 is 28.4. The van der Waals surface area contributed by atoms with Crippen LogP contribution >= 0.6 is 0 Å². The second-order valence-electron chi connectivity index (χ2n) is 5.60. The molecule has 3 rings (SSSR count). The Bertz CT molecular complexity index is 852. The van der Waals surface area contributed by atoms with Crippen LogP contribution in [0.4, 0.5) is 8.78 Å². The fourth-order valence-electron chi connectivity index (χ4n) is 2.58. The number of amides is 1. The van der Waals surface area contributed by atoms with Gasteiger partial charge in [-0.15, -0.1) is 0 Å². The summed E-state index contributed by atoms with van der Waals surface area (Å²) in [4.78, 5) is 16.1. The fraction of sp³-hybridized carbons (Fsp3) is 0.167. The summed E-state index contributed by atoms with van der Waals surface area (Å²) in [5, 5.41) is 6.73. The molecule has 25 heavy (non-hydrogen) atoms. The molecule has 0 saturated heterocycles. The van der Waals surface area contributed by atoms with Crippen LogP contribution in [0.25, 0.3) is 0 Å². The summed E-state index contributed by atoms with van der Waals surface area (Å²) in [6.07, 6.45) is 3.11. The largest absolute Gasteiger partial charge is 0.347 e. The number of halogens is 2. The van der Waals surface area contributed by atoms with E-state index in [1.807, 2.05) is 0 Å². The first kappa shape index (κ1) is 16.8. The monoisotopic (exact) mass is 342 g/mol. The number of hydrogen-bond acceptors (Lipinski definition) is 3. The van der Waals surface area contributed by atoms with Crippen molar-refractivity contribution in [2.75, 3.05) is 0 Å². The van der Waals surface area contributed by atoms with E-state index in [1.165, 1.54) is 41.6 Å². The summed E-state index contributed by atoms with van der Waals surface area (Å²) in [5.74, 6) is -1.05. The summed E-state index contributed by atoms with van der Waals surface area (Å²) >= 11 is 0. The zero-order chi connectivity index (χ0) is 17.6. The van der Waals surface area contributed by atoms with Gasteiger partial charge in [-0.1, -0.05) is 24.3 Å². The molecule has 0 radical (unpaired) electrons. The molecule has 1 unspecified atom stereocenters. The Kier molecular flexibility index (Phi) is 5.13. The molecule has 1 N–H and O–H groups in total. The molecule has 0 aliphatic heterocycles. The van der Waals surface area contributed by atoms with Crippen LogP contribution in [0.5, 0.6) is 0 Å². The molecule has 128 valence electrons. The normalized spacial score (nSPS) is 11.9. The van der Waals surface area contributed by atoms with Gasteiger partial charge < -0.3 is 5.32 Å². The standard InChI is InChI=1S/C18H16F2N4O/c19-15-5-1-3-13(7-15)8-17(14-4-2-6-16(20)9-14)23-18(25)10-24-12-21-11-22-24/h1-7,9,11-12,17H,8,10H2,(H,23,25). The van der Waals surface area contributed by atoms with E-state index in [-0.39, 0.29) is 18.3 Å². The molecule has 2 aromatic carbocycles. The van der Waals surface area contributed by atoms with Gasteiger partial charge >= 0.3 is 0 Å². The maximum atomic E-state index is 13.6. The van der Waals surface area contributed by atoms with Gasteiger partial charge in [-0.3, -0.25) is 4.79 Å². The van der Waals surface area contributed by atoms with Crippen molar-refractivity contribution in [3.63, 3.8) is 0 Å². The van der Waals surface area contributed by atoms with Gasteiger partial charge in [0.05, 0.1) is 6.04 Å². The molecule has 0 aliphatic rings. The van der Waals surface area contributed by atoms with Crippen LogP contribution in [-0.4, -0.2) is 20.7 Å². The molecule has 1 atom stereocenters. The van der Waals surface area contributed by atoms with Gasteiger partial charge in [0.15, 0.2) is 0 Å². The average molecular weight is 342 g/mol. The Morgan fingerprint density at radius 2 is 1.88 bits per heavy atom. The number of carbonyl (C=O) groups is 1. The smallest absolute Gasteiger partial charge is 0.242 e. The highest BCUT2D eigenvalue weighted by atomic mass is 19.1. The highest BCUT2D eigenvalue weighted by Crippen LogP contribution is 2.20. The first-order valence-corrected chi connectivity index (χ1v) is 7.72. The number of carbonyl (C=O) groups excluding carboxylic acids is 1. The molecule has 0 aliphatic carbocycles. The second kappa shape index (κ2) is 7.65. The molecule has 0 saturated carbocycles. The van der Waals surface area contributed by atoms with Gasteiger partial charge in [-0.2, -0.15) is 5.10 Å². The second-order valence-corrected chi connectivity index (χ2v) is 5.60. The van der Waals surface area contributed by atoms with E-state index in [0.29, 0.717) is 17.5 Å². The zero-order valence-electron chi connectivity index (χ0n) is 13.3. The van der Waals surface area contributed by atoms with Crippen LogP contribution in [0.15, 0.2) is 61.2 Å². The quantitative estimate of drug-likeness (QED) is 0.749. The third-order valence-electron chi connectivity index (χ3n) is 3.69. The van der Waals surface area contributed by atoms with Crippen molar-refractivity contribution in [3.8, 4) is 0 Å². The zero-order valence-corrected chi connectivity index (χ0v) is 13.3. The van der Waals surface area contributed by atoms with Crippen molar-refractivity contribution in [2.45, 2.75) is 19.0 Å². The van der Waals surface area contributed by atoms with Crippen LogP contribution in [0.1, 0.15) is 17.2 Å². The van der Waals surface area contributed by atoms with Crippen molar-refractivity contribution < 1.29 is 13.6 Å². The van der Waals surface area contributed by atoms with E-state index >= 15 is 0 Å². The minimum atomic E-state index is -0.492. The molecule has 5 nitrogen and oxygen atoms in total. The number of nitrogens with zero attached hydrogens (tertiary/aromatic N) is 3. The number of aromatic nitrogens is 3. The van der Waals surface area contributed by atoms with Crippen molar-refractivity contribution in [1.82, 2.24) is 20.1 Å². The number of rotatable bonds is 6. The molecule has 0 fully saturated rings. The van der Waals surface area contributed by atoms with Gasteiger partial charge in [-0.25, -0.2) is 18.4 Å². The third-order valence-corrected chi connectivity index (χ3v) is 3.69. The lowest BCUT2D eigenvalue weighted by Crippen LogP contribution is -2.33. The SMILES string of the molecule is O=C(Cn1cncn1)NC(Cc1cccc(F)c1)c1cccc(F)c1. The van der Waals surface area contributed by atoms with Gasteiger partial charge in [0, 0.05) is 0 Å². The number of hydrogen-bond donors (Lipinski definition) is 1. The predicted octanol–water partition coefficient (Wildman–Crippen LogP) is 2.66. The van der Waals surface area contributed by atoms with Gasteiger partial charge in [0.2, 0.25) is 5.91 Å². The van der Waals surface area contributed by atoms with Gasteiger partial charge in [0.25, 0.3) is 0 Å². The molecule has 0 spiro atoms. The Morgan fingerprint density at radius 3 is 2.56 bits per heavy atom.